The van der Waals surface area contributed by atoms with Crippen molar-refractivity contribution in [3.63, 3.8) is 0 Å². The molecule has 1 atom stereocenters. The lowest BCUT2D eigenvalue weighted by Crippen LogP contribution is -2.23. The summed E-state index contributed by atoms with van der Waals surface area (Å²) in [6.07, 6.45) is 0. The third-order valence-corrected chi connectivity index (χ3v) is 3.57. The predicted octanol–water partition coefficient (Wildman–Crippen LogP) is 5.08. The molecule has 0 radical (unpaired) electrons. The highest BCUT2D eigenvalue weighted by Gasteiger charge is 2.18. The molecule has 0 heterocycles. The van der Waals surface area contributed by atoms with Crippen LogP contribution in [0.1, 0.15) is 24.1 Å². The first-order chi connectivity index (χ1) is 9.51. The number of hydrogen-bond donors (Lipinski definition) is 1. The normalized spacial score (nSPS) is 12.4. The SMILES string of the molecule is CCNC(c1cc(Cl)cc(Br)c1)c1cc(F)ccc1F. The van der Waals surface area contributed by atoms with Gasteiger partial charge < -0.3 is 5.32 Å². The van der Waals surface area contributed by atoms with Crippen molar-refractivity contribution in [1.29, 1.82) is 0 Å². The van der Waals surface area contributed by atoms with E-state index >= 15 is 0 Å². The first-order valence-electron chi connectivity index (χ1n) is 6.15. The number of hydrogen-bond acceptors (Lipinski definition) is 1. The van der Waals surface area contributed by atoms with E-state index in [1.807, 2.05) is 13.0 Å². The van der Waals surface area contributed by atoms with Crippen LogP contribution in [0.3, 0.4) is 0 Å². The van der Waals surface area contributed by atoms with Gasteiger partial charge in [-0.3, -0.25) is 0 Å². The van der Waals surface area contributed by atoms with Crippen molar-refractivity contribution in [3.05, 3.63) is 68.7 Å². The van der Waals surface area contributed by atoms with Gasteiger partial charge in [-0.05, 0) is 48.5 Å². The van der Waals surface area contributed by atoms with Crippen LogP contribution in [-0.2, 0) is 0 Å². The Hall–Kier alpha value is -0.970. The molecule has 0 fully saturated rings. The van der Waals surface area contributed by atoms with Crippen LogP contribution in [0.25, 0.3) is 0 Å². The van der Waals surface area contributed by atoms with Crippen LogP contribution in [0.15, 0.2) is 40.9 Å². The molecule has 0 aliphatic carbocycles. The lowest BCUT2D eigenvalue weighted by molar-refractivity contribution is 0.545. The largest absolute Gasteiger partial charge is 0.306 e. The molecule has 2 rings (SSSR count). The van der Waals surface area contributed by atoms with Crippen molar-refractivity contribution in [2.75, 3.05) is 6.54 Å². The molecule has 2 aromatic carbocycles. The molecular weight excluding hydrogens is 348 g/mol. The Morgan fingerprint density at radius 1 is 1.20 bits per heavy atom. The highest BCUT2D eigenvalue weighted by Crippen LogP contribution is 2.29. The zero-order valence-corrected chi connectivity index (χ0v) is 13.1. The molecule has 1 nitrogen and oxygen atoms in total. The Morgan fingerprint density at radius 2 is 1.95 bits per heavy atom. The maximum Gasteiger partial charge on any atom is 0.128 e. The standard InChI is InChI=1S/C15H13BrClF2N/c1-2-20-15(9-5-10(16)7-11(17)6-9)13-8-12(18)3-4-14(13)19/h3-8,15,20H,2H2,1H3. The fourth-order valence-electron chi connectivity index (χ4n) is 2.09. The van der Waals surface area contributed by atoms with Crippen LogP contribution in [0.4, 0.5) is 8.78 Å². The van der Waals surface area contributed by atoms with Crippen molar-refractivity contribution in [2.24, 2.45) is 0 Å². The van der Waals surface area contributed by atoms with Crippen LogP contribution >= 0.6 is 27.5 Å². The molecule has 0 aliphatic rings. The van der Waals surface area contributed by atoms with Crippen LogP contribution in [0, 0.1) is 11.6 Å². The molecule has 5 heteroatoms. The van der Waals surface area contributed by atoms with Crippen LogP contribution < -0.4 is 5.32 Å². The van der Waals surface area contributed by atoms with E-state index in [4.69, 9.17) is 11.6 Å². The summed E-state index contributed by atoms with van der Waals surface area (Å²) < 4.78 is 28.2. The van der Waals surface area contributed by atoms with Gasteiger partial charge in [0.25, 0.3) is 0 Å². The molecule has 0 spiro atoms. The Labute approximate surface area is 130 Å². The zero-order valence-electron chi connectivity index (χ0n) is 10.8. The second kappa shape index (κ2) is 6.66. The monoisotopic (exact) mass is 359 g/mol. The smallest absolute Gasteiger partial charge is 0.128 e. The number of nitrogens with one attached hydrogen (secondary N) is 1. The predicted molar refractivity (Wildman–Crippen MR) is 81.0 cm³/mol. The van der Waals surface area contributed by atoms with E-state index in [1.165, 1.54) is 6.07 Å². The fraction of sp³-hybridized carbons (Fsp3) is 0.200. The van der Waals surface area contributed by atoms with Crippen molar-refractivity contribution in [1.82, 2.24) is 5.32 Å². The van der Waals surface area contributed by atoms with Gasteiger partial charge in [0.15, 0.2) is 0 Å². The topological polar surface area (TPSA) is 12.0 Å². The van der Waals surface area contributed by atoms with Gasteiger partial charge in [0.05, 0.1) is 6.04 Å². The fourth-order valence-corrected chi connectivity index (χ4v) is 2.98. The van der Waals surface area contributed by atoms with E-state index in [1.54, 1.807) is 12.1 Å². The van der Waals surface area contributed by atoms with Gasteiger partial charge in [-0.1, -0.05) is 34.5 Å². The average Bonchev–Trinajstić information content (AvgIpc) is 2.38. The van der Waals surface area contributed by atoms with E-state index < -0.39 is 17.7 Å². The van der Waals surface area contributed by atoms with Gasteiger partial charge in [-0.25, -0.2) is 8.78 Å². The van der Waals surface area contributed by atoms with E-state index in [-0.39, 0.29) is 5.56 Å². The molecule has 0 saturated carbocycles. The van der Waals surface area contributed by atoms with E-state index in [2.05, 4.69) is 21.2 Å². The van der Waals surface area contributed by atoms with Gasteiger partial charge in [0.2, 0.25) is 0 Å². The molecule has 0 aliphatic heterocycles. The summed E-state index contributed by atoms with van der Waals surface area (Å²) in [5.41, 5.74) is 1.04. The van der Waals surface area contributed by atoms with Crippen molar-refractivity contribution < 1.29 is 8.78 Å². The number of rotatable bonds is 4. The zero-order chi connectivity index (χ0) is 14.7. The lowest BCUT2D eigenvalue weighted by atomic mass is 9.98. The molecule has 0 aromatic heterocycles. The summed E-state index contributed by atoms with van der Waals surface area (Å²) in [7, 11) is 0. The van der Waals surface area contributed by atoms with E-state index in [0.717, 1.165) is 22.2 Å². The highest BCUT2D eigenvalue weighted by molar-refractivity contribution is 9.10. The van der Waals surface area contributed by atoms with Crippen LogP contribution in [0.5, 0.6) is 0 Å². The van der Waals surface area contributed by atoms with Crippen molar-refractivity contribution >= 4 is 27.5 Å². The Bertz CT molecular complexity index is 599. The van der Waals surface area contributed by atoms with E-state index in [0.29, 0.717) is 11.6 Å². The second-order valence-electron chi connectivity index (χ2n) is 4.36. The number of halogens is 4. The molecular formula is C15H13BrClF2N. The third kappa shape index (κ3) is 3.57. The molecule has 1 N–H and O–H groups in total. The van der Waals surface area contributed by atoms with Gasteiger partial charge in [0.1, 0.15) is 11.6 Å². The quantitative estimate of drug-likeness (QED) is 0.802. The summed E-state index contributed by atoms with van der Waals surface area (Å²) in [5, 5.41) is 3.69. The minimum atomic E-state index is -0.467. The molecule has 20 heavy (non-hydrogen) atoms. The highest BCUT2D eigenvalue weighted by atomic mass is 79.9. The maximum absolute atomic E-state index is 14.0. The molecule has 106 valence electrons. The summed E-state index contributed by atoms with van der Waals surface area (Å²) >= 11 is 9.39. The van der Waals surface area contributed by atoms with Crippen molar-refractivity contribution in [2.45, 2.75) is 13.0 Å². The molecule has 2 aromatic rings. The molecule has 0 amide bonds. The Kier molecular flexibility index (Phi) is 5.13. The van der Waals surface area contributed by atoms with Gasteiger partial charge in [-0.15, -0.1) is 0 Å². The summed E-state index contributed by atoms with van der Waals surface area (Å²) in [4.78, 5) is 0. The Balaban J connectivity index is 2.52. The van der Waals surface area contributed by atoms with Crippen LogP contribution in [-0.4, -0.2) is 6.54 Å². The summed E-state index contributed by atoms with van der Waals surface area (Å²) in [5.74, 6) is -0.918. The average molecular weight is 361 g/mol. The third-order valence-electron chi connectivity index (χ3n) is 2.90. The first-order valence-corrected chi connectivity index (χ1v) is 7.32. The van der Waals surface area contributed by atoms with E-state index in [9.17, 15) is 8.78 Å². The van der Waals surface area contributed by atoms with Gasteiger partial charge in [-0.2, -0.15) is 0 Å². The van der Waals surface area contributed by atoms with Crippen molar-refractivity contribution in [3.8, 4) is 0 Å². The maximum atomic E-state index is 14.0. The Morgan fingerprint density at radius 3 is 2.60 bits per heavy atom. The minimum Gasteiger partial charge on any atom is -0.306 e. The van der Waals surface area contributed by atoms with Gasteiger partial charge >= 0.3 is 0 Å². The molecule has 0 bridgehead atoms. The first kappa shape index (κ1) is 15.4. The van der Waals surface area contributed by atoms with Gasteiger partial charge in [0, 0.05) is 15.1 Å². The minimum absolute atomic E-state index is 0.265. The molecule has 1 unspecified atom stereocenters. The van der Waals surface area contributed by atoms with Crippen LogP contribution in [0.2, 0.25) is 5.02 Å². The lowest BCUT2D eigenvalue weighted by Gasteiger charge is -2.20. The second-order valence-corrected chi connectivity index (χ2v) is 5.71. The molecule has 0 saturated heterocycles. The summed E-state index contributed by atoms with van der Waals surface area (Å²) in [6, 6.07) is 8.32. The number of benzene rings is 2. The summed E-state index contributed by atoms with van der Waals surface area (Å²) in [6.45, 7) is 2.52.